The fourth-order valence-corrected chi connectivity index (χ4v) is 2.44. The van der Waals surface area contributed by atoms with Crippen molar-refractivity contribution in [2.24, 2.45) is 0 Å². The second-order valence-electron chi connectivity index (χ2n) is 4.64. The van der Waals surface area contributed by atoms with Crippen LogP contribution < -0.4 is 5.32 Å². The molecule has 20 heavy (non-hydrogen) atoms. The van der Waals surface area contributed by atoms with Crippen molar-refractivity contribution >= 4 is 23.2 Å². The Morgan fingerprint density at radius 3 is 2.95 bits per heavy atom. The van der Waals surface area contributed by atoms with Crippen LogP contribution in [-0.2, 0) is 10.7 Å². The summed E-state index contributed by atoms with van der Waals surface area (Å²) in [6, 6.07) is 7.56. The maximum Gasteiger partial charge on any atom is 0.248 e. The molecule has 0 saturated heterocycles. The lowest BCUT2D eigenvalue weighted by molar-refractivity contribution is -0.124. The molecule has 1 aromatic carbocycles. The fraction of sp³-hybridized carbons (Fsp3) is 0.333. The highest BCUT2D eigenvalue weighted by molar-refractivity contribution is 6.17. The molecule has 0 spiro atoms. The van der Waals surface area contributed by atoms with Gasteiger partial charge in [0, 0.05) is 24.2 Å². The van der Waals surface area contributed by atoms with Crippen molar-refractivity contribution in [1.29, 1.82) is 5.26 Å². The van der Waals surface area contributed by atoms with Crippen LogP contribution in [0.15, 0.2) is 30.0 Å². The van der Waals surface area contributed by atoms with E-state index in [1.54, 1.807) is 23.1 Å². The van der Waals surface area contributed by atoms with Crippen LogP contribution in [0.2, 0.25) is 0 Å². The highest BCUT2D eigenvalue weighted by Crippen LogP contribution is 2.25. The molecular formula is C15H16ClN3O. The summed E-state index contributed by atoms with van der Waals surface area (Å²) in [4.78, 5) is 13.6. The standard InChI is InChI=1S/C15H16ClN3O/c1-2-6-19-10-13(7-14(19)20)18-15-11(8-16)4-3-5-12(15)9-17/h3-5,7,18H,2,6,8,10H2,1H3. The number of nitrogens with zero attached hydrogens (tertiary/aromatic N) is 2. The lowest BCUT2D eigenvalue weighted by Gasteiger charge is -2.17. The molecule has 0 aromatic heterocycles. The second-order valence-corrected chi connectivity index (χ2v) is 4.91. The van der Waals surface area contributed by atoms with Crippen LogP contribution in [0.5, 0.6) is 0 Å². The molecule has 0 fully saturated rings. The van der Waals surface area contributed by atoms with Gasteiger partial charge in [-0.25, -0.2) is 0 Å². The number of hydrogen-bond acceptors (Lipinski definition) is 3. The summed E-state index contributed by atoms with van der Waals surface area (Å²) in [5.41, 5.74) is 2.89. The number of hydrogen-bond donors (Lipinski definition) is 1. The topological polar surface area (TPSA) is 56.1 Å². The molecule has 0 atom stereocenters. The van der Waals surface area contributed by atoms with Crippen molar-refractivity contribution in [3.63, 3.8) is 0 Å². The van der Waals surface area contributed by atoms with Crippen LogP contribution in [0.4, 0.5) is 5.69 Å². The van der Waals surface area contributed by atoms with E-state index in [2.05, 4.69) is 11.4 Å². The lowest BCUT2D eigenvalue weighted by Crippen LogP contribution is -2.27. The van der Waals surface area contributed by atoms with Crippen LogP contribution >= 0.6 is 11.6 Å². The number of carbonyl (C=O) groups excluding carboxylic acids is 1. The van der Waals surface area contributed by atoms with Crippen molar-refractivity contribution in [1.82, 2.24) is 4.90 Å². The number of para-hydroxylation sites is 1. The molecule has 1 N–H and O–H groups in total. The summed E-state index contributed by atoms with van der Waals surface area (Å²) in [7, 11) is 0. The number of carbonyl (C=O) groups is 1. The summed E-state index contributed by atoms with van der Waals surface area (Å²) in [5.74, 6) is 0.328. The molecule has 0 aliphatic carbocycles. The van der Waals surface area contributed by atoms with Crippen molar-refractivity contribution in [3.05, 3.63) is 41.1 Å². The summed E-state index contributed by atoms with van der Waals surface area (Å²) in [5, 5.41) is 12.4. The van der Waals surface area contributed by atoms with Gasteiger partial charge in [-0.3, -0.25) is 4.79 Å². The normalized spacial score (nSPS) is 14.2. The number of benzene rings is 1. The minimum absolute atomic E-state index is 0.0104. The van der Waals surface area contributed by atoms with Crippen LogP contribution in [0, 0.1) is 11.3 Å². The first kappa shape index (κ1) is 14.4. The van der Waals surface area contributed by atoms with Crippen molar-refractivity contribution in [3.8, 4) is 6.07 Å². The van der Waals surface area contributed by atoms with E-state index in [1.165, 1.54) is 0 Å². The molecule has 1 heterocycles. The molecule has 1 aliphatic heterocycles. The van der Waals surface area contributed by atoms with Crippen molar-refractivity contribution < 1.29 is 4.79 Å². The predicted octanol–water partition coefficient (Wildman–Crippen LogP) is 2.85. The zero-order chi connectivity index (χ0) is 14.5. The van der Waals surface area contributed by atoms with E-state index in [1.807, 2.05) is 13.0 Å². The number of nitrogens with one attached hydrogen (secondary N) is 1. The SMILES string of the molecule is CCCN1CC(Nc2c(C#N)cccc2CCl)=CC1=O. The van der Waals surface area contributed by atoms with Gasteiger partial charge >= 0.3 is 0 Å². The smallest absolute Gasteiger partial charge is 0.248 e. The number of alkyl halides is 1. The first-order chi connectivity index (χ1) is 9.69. The zero-order valence-electron chi connectivity index (χ0n) is 11.3. The van der Waals surface area contributed by atoms with Crippen LogP contribution in [-0.4, -0.2) is 23.9 Å². The van der Waals surface area contributed by atoms with Gasteiger partial charge in [0.15, 0.2) is 0 Å². The fourth-order valence-electron chi connectivity index (χ4n) is 2.22. The molecule has 0 radical (unpaired) electrons. The molecule has 1 aliphatic rings. The molecular weight excluding hydrogens is 274 g/mol. The molecule has 1 amide bonds. The van der Waals surface area contributed by atoms with Gasteiger partial charge < -0.3 is 10.2 Å². The quantitative estimate of drug-likeness (QED) is 0.848. The molecule has 2 rings (SSSR count). The molecule has 0 saturated carbocycles. The average Bonchev–Trinajstić information content (AvgIpc) is 2.79. The largest absolute Gasteiger partial charge is 0.356 e. The molecule has 5 heteroatoms. The second kappa shape index (κ2) is 6.44. The van der Waals surface area contributed by atoms with E-state index >= 15 is 0 Å². The van der Waals surface area contributed by atoms with Crippen LogP contribution in [0.1, 0.15) is 24.5 Å². The Bertz CT molecular complexity index is 589. The Hall–Kier alpha value is -1.99. The Kier molecular flexibility index (Phi) is 4.65. The van der Waals surface area contributed by atoms with E-state index in [0.717, 1.165) is 24.2 Å². The Morgan fingerprint density at radius 1 is 1.50 bits per heavy atom. The van der Waals surface area contributed by atoms with Gasteiger partial charge in [0.25, 0.3) is 0 Å². The number of halogens is 1. The van der Waals surface area contributed by atoms with E-state index < -0.39 is 0 Å². The zero-order valence-corrected chi connectivity index (χ0v) is 12.1. The number of rotatable bonds is 5. The Morgan fingerprint density at radius 2 is 2.30 bits per heavy atom. The molecule has 1 aromatic rings. The van der Waals surface area contributed by atoms with Gasteiger partial charge in [-0.1, -0.05) is 19.1 Å². The highest BCUT2D eigenvalue weighted by atomic mass is 35.5. The van der Waals surface area contributed by atoms with Gasteiger partial charge in [0.1, 0.15) is 6.07 Å². The van der Waals surface area contributed by atoms with Crippen LogP contribution in [0.3, 0.4) is 0 Å². The summed E-state index contributed by atoms with van der Waals surface area (Å²) >= 11 is 5.91. The number of amides is 1. The van der Waals surface area contributed by atoms with Crippen molar-refractivity contribution in [2.75, 3.05) is 18.4 Å². The number of anilines is 1. The molecule has 104 valence electrons. The summed E-state index contributed by atoms with van der Waals surface area (Å²) in [6.07, 6.45) is 2.51. The van der Waals surface area contributed by atoms with Gasteiger partial charge in [0.2, 0.25) is 5.91 Å². The Labute approximate surface area is 123 Å². The molecule has 0 bridgehead atoms. The third-order valence-electron chi connectivity index (χ3n) is 3.16. The van der Waals surface area contributed by atoms with Gasteiger partial charge in [-0.2, -0.15) is 5.26 Å². The Balaban J connectivity index is 2.22. The first-order valence-electron chi connectivity index (χ1n) is 6.54. The third kappa shape index (κ3) is 2.94. The monoisotopic (exact) mass is 289 g/mol. The third-order valence-corrected chi connectivity index (χ3v) is 3.45. The van der Waals surface area contributed by atoms with Crippen molar-refractivity contribution in [2.45, 2.75) is 19.2 Å². The first-order valence-corrected chi connectivity index (χ1v) is 7.07. The maximum absolute atomic E-state index is 11.8. The summed E-state index contributed by atoms with van der Waals surface area (Å²) < 4.78 is 0. The molecule has 4 nitrogen and oxygen atoms in total. The van der Waals surface area contributed by atoms with E-state index in [0.29, 0.717) is 23.7 Å². The predicted molar refractivity (Wildman–Crippen MR) is 79.3 cm³/mol. The van der Waals surface area contributed by atoms with Gasteiger partial charge in [-0.05, 0) is 18.1 Å². The minimum Gasteiger partial charge on any atom is -0.356 e. The summed E-state index contributed by atoms with van der Waals surface area (Å²) in [6.45, 7) is 3.33. The van der Waals surface area contributed by atoms with Crippen LogP contribution in [0.25, 0.3) is 0 Å². The number of nitriles is 1. The van der Waals surface area contributed by atoms with E-state index in [9.17, 15) is 10.1 Å². The van der Waals surface area contributed by atoms with Gasteiger partial charge in [0.05, 0.1) is 17.8 Å². The van der Waals surface area contributed by atoms with Gasteiger partial charge in [-0.15, -0.1) is 11.6 Å². The maximum atomic E-state index is 11.8. The molecule has 0 unspecified atom stereocenters. The lowest BCUT2D eigenvalue weighted by atomic mass is 10.1. The van der Waals surface area contributed by atoms with E-state index in [-0.39, 0.29) is 5.91 Å². The van der Waals surface area contributed by atoms with E-state index in [4.69, 9.17) is 11.6 Å². The highest BCUT2D eigenvalue weighted by Gasteiger charge is 2.21. The minimum atomic E-state index is 0.0104. The average molecular weight is 290 g/mol.